The SMILES string of the molecule is COc1c(C)cc(S(=O)(=O)NCCN(C)C)c(C)c1C. The summed E-state index contributed by atoms with van der Waals surface area (Å²) in [7, 11) is 1.91. The summed E-state index contributed by atoms with van der Waals surface area (Å²) in [6.07, 6.45) is 0. The lowest BCUT2D eigenvalue weighted by atomic mass is 10.1. The molecule has 0 atom stereocenters. The standard InChI is InChI=1S/C14H24N2O3S/c1-10-9-13(11(2)12(3)14(10)19-6)20(17,18)15-7-8-16(4)5/h9,15H,7-8H2,1-6H3. The first-order chi connectivity index (χ1) is 9.20. The smallest absolute Gasteiger partial charge is 0.240 e. The summed E-state index contributed by atoms with van der Waals surface area (Å²) in [4.78, 5) is 2.26. The Morgan fingerprint density at radius 2 is 1.80 bits per heavy atom. The molecular weight excluding hydrogens is 276 g/mol. The van der Waals surface area contributed by atoms with Crippen molar-refractivity contribution in [2.45, 2.75) is 25.7 Å². The van der Waals surface area contributed by atoms with Gasteiger partial charge in [0.25, 0.3) is 0 Å². The molecule has 0 saturated heterocycles. The third kappa shape index (κ3) is 3.71. The monoisotopic (exact) mass is 300 g/mol. The number of likely N-dealkylation sites (N-methyl/N-ethyl adjacent to an activating group) is 1. The van der Waals surface area contributed by atoms with Crippen LogP contribution >= 0.6 is 0 Å². The first kappa shape index (κ1) is 16.9. The number of rotatable bonds is 6. The van der Waals surface area contributed by atoms with E-state index in [2.05, 4.69) is 4.72 Å². The lowest BCUT2D eigenvalue weighted by Crippen LogP contribution is -2.32. The highest BCUT2D eigenvalue weighted by atomic mass is 32.2. The molecule has 0 unspecified atom stereocenters. The number of methoxy groups -OCH3 is 1. The molecule has 0 amide bonds. The molecule has 0 saturated carbocycles. The van der Waals surface area contributed by atoms with Gasteiger partial charge in [0, 0.05) is 13.1 Å². The third-order valence-electron chi connectivity index (χ3n) is 3.32. The van der Waals surface area contributed by atoms with Crippen LogP contribution in [0, 0.1) is 20.8 Å². The van der Waals surface area contributed by atoms with E-state index in [1.165, 1.54) is 0 Å². The Kier molecular flexibility index (Phi) is 5.56. The minimum Gasteiger partial charge on any atom is -0.496 e. The van der Waals surface area contributed by atoms with Gasteiger partial charge in [0.2, 0.25) is 10.0 Å². The average molecular weight is 300 g/mol. The second kappa shape index (κ2) is 6.56. The van der Waals surface area contributed by atoms with Crippen LogP contribution in [-0.2, 0) is 10.0 Å². The molecule has 114 valence electrons. The molecule has 0 fully saturated rings. The maximum atomic E-state index is 12.4. The molecule has 0 aromatic heterocycles. The summed E-state index contributed by atoms with van der Waals surface area (Å²) in [5.74, 6) is 0.745. The maximum absolute atomic E-state index is 12.4. The van der Waals surface area contributed by atoms with E-state index in [0.29, 0.717) is 18.0 Å². The predicted molar refractivity (Wildman–Crippen MR) is 80.9 cm³/mol. The average Bonchev–Trinajstić information content (AvgIpc) is 2.33. The Morgan fingerprint density at radius 1 is 1.20 bits per heavy atom. The molecule has 0 aliphatic carbocycles. The fraction of sp³-hybridized carbons (Fsp3) is 0.571. The van der Waals surface area contributed by atoms with Crippen LogP contribution in [0.5, 0.6) is 5.75 Å². The number of benzene rings is 1. The number of nitrogens with zero attached hydrogens (tertiary/aromatic N) is 1. The second-order valence-electron chi connectivity index (χ2n) is 5.18. The van der Waals surface area contributed by atoms with Gasteiger partial charge in [-0.3, -0.25) is 0 Å². The predicted octanol–water partition coefficient (Wildman–Crippen LogP) is 1.46. The van der Waals surface area contributed by atoms with Crippen molar-refractivity contribution in [3.8, 4) is 5.75 Å². The molecule has 1 aromatic carbocycles. The summed E-state index contributed by atoms with van der Waals surface area (Å²) in [5.41, 5.74) is 2.41. The lowest BCUT2D eigenvalue weighted by molar-refractivity contribution is 0.407. The Morgan fingerprint density at radius 3 is 2.30 bits per heavy atom. The van der Waals surface area contributed by atoms with E-state index in [1.807, 2.05) is 32.8 Å². The van der Waals surface area contributed by atoms with Crippen molar-refractivity contribution in [1.82, 2.24) is 9.62 Å². The number of hydrogen-bond acceptors (Lipinski definition) is 4. The van der Waals surface area contributed by atoms with Gasteiger partial charge in [0.05, 0.1) is 12.0 Å². The van der Waals surface area contributed by atoms with Gasteiger partial charge in [-0.15, -0.1) is 0 Å². The zero-order valence-electron chi connectivity index (χ0n) is 13.1. The number of nitrogens with one attached hydrogen (secondary N) is 1. The quantitative estimate of drug-likeness (QED) is 0.864. The van der Waals surface area contributed by atoms with Crippen LogP contribution in [0.25, 0.3) is 0 Å². The van der Waals surface area contributed by atoms with Crippen LogP contribution in [0.15, 0.2) is 11.0 Å². The highest BCUT2D eigenvalue weighted by Crippen LogP contribution is 2.30. The van der Waals surface area contributed by atoms with Gasteiger partial charge >= 0.3 is 0 Å². The van der Waals surface area contributed by atoms with Crippen molar-refractivity contribution < 1.29 is 13.2 Å². The van der Waals surface area contributed by atoms with Crippen molar-refractivity contribution in [3.05, 3.63) is 22.8 Å². The number of hydrogen-bond donors (Lipinski definition) is 1. The third-order valence-corrected chi connectivity index (χ3v) is 4.91. The zero-order chi connectivity index (χ0) is 15.5. The minimum atomic E-state index is -3.49. The highest BCUT2D eigenvalue weighted by molar-refractivity contribution is 7.89. The van der Waals surface area contributed by atoms with Crippen LogP contribution < -0.4 is 9.46 Å². The highest BCUT2D eigenvalue weighted by Gasteiger charge is 2.20. The van der Waals surface area contributed by atoms with Crippen molar-refractivity contribution in [2.75, 3.05) is 34.3 Å². The first-order valence-corrected chi connectivity index (χ1v) is 7.98. The first-order valence-electron chi connectivity index (χ1n) is 6.50. The molecule has 1 aromatic rings. The zero-order valence-corrected chi connectivity index (χ0v) is 13.9. The molecule has 1 rings (SSSR count). The second-order valence-corrected chi connectivity index (χ2v) is 6.91. The summed E-state index contributed by atoms with van der Waals surface area (Å²) in [5, 5.41) is 0. The van der Waals surface area contributed by atoms with Crippen molar-refractivity contribution in [2.24, 2.45) is 0 Å². The van der Waals surface area contributed by atoms with Crippen molar-refractivity contribution in [3.63, 3.8) is 0 Å². The summed E-state index contributed by atoms with van der Waals surface area (Å²) in [6.45, 7) is 6.58. The van der Waals surface area contributed by atoms with Gasteiger partial charge in [0.1, 0.15) is 5.75 Å². The molecule has 1 N–H and O–H groups in total. The van der Waals surface area contributed by atoms with Crippen molar-refractivity contribution in [1.29, 1.82) is 0 Å². The van der Waals surface area contributed by atoms with Gasteiger partial charge in [-0.05, 0) is 57.6 Å². The number of aryl methyl sites for hydroxylation is 1. The van der Waals surface area contributed by atoms with Gasteiger partial charge in [-0.2, -0.15) is 0 Å². The van der Waals surface area contributed by atoms with Gasteiger partial charge in [-0.25, -0.2) is 13.1 Å². The van der Waals surface area contributed by atoms with Crippen LogP contribution in [0.1, 0.15) is 16.7 Å². The Bertz CT molecular complexity index is 581. The van der Waals surface area contributed by atoms with E-state index in [0.717, 1.165) is 22.4 Å². The topological polar surface area (TPSA) is 58.6 Å². The summed E-state index contributed by atoms with van der Waals surface area (Å²) < 4.78 is 32.7. The molecule has 0 aliphatic rings. The maximum Gasteiger partial charge on any atom is 0.240 e. The van der Waals surface area contributed by atoms with Gasteiger partial charge in [-0.1, -0.05) is 0 Å². The van der Waals surface area contributed by atoms with Crippen LogP contribution in [0.3, 0.4) is 0 Å². The van der Waals surface area contributed by atoms with E-state index < -0.39 is 10.0 Å². The van der Waals surface area contributed by atoms with E-state index in [4.69, 9.17) is 4.74 Å². The van der Waals surface area contributed by atoms with E-state index in [9.17, 15) is 8.42 Å². The molecule has 6 heteroatoms. The summed E-state index contributed by atoms with van der Waals surface area (Å²) in [6, 6.07) is 1.67. The van der Waals surface area contributed by atoms with E-state index >= 15 is 0 Å². The van der Waals surface area contributed by atoms with Crippen molar-refractivity contribution >= 4 is 10.0 Å². The summed E-state index contributed by atoms with van der Waals surface area (Å²) >= 11 is 0. The van der Waals surface area contributed by atoms with Gasteiger partial charge < -0.3 is 9.64 Å². The van der Waals surface area contributed by atoms with E-state index in [-0.39, 0.29) is 0 Å². The molecule has 0 radical (unpaired) electrons. The molecule has 0 aliphatic heterocycles. The molecule has 0 bridgehead atoms. The normalized spacial score (nSPS) is 11.9. The van der Waals surface area contributed by atoms with Gasteiger partial charge in [0.15, 0.2) is 0 Å². The molecule has 0 spiro atoms. The fourth-order valence-corrected chi connectivity index (χ4v) is 3.50. The Labute approximate surface area is 122 Å². The van der Waals surface area contributed by atoms with Crippen LogP contribution in [0.4, 0.5) is 0 Å². The largest absolute Gasteiger partial charge is 0.496 e. The van der Waals surface area contributed by atoms with Crippen LogP contribution in [0.2, 0.25) is 0 Å². The molecule has 5 nitrogen and oxygen atoms in total. The Hall–Kier alpha value is -1.11. The lowest BCUT2D eigenvalue weighted by Gasteiger charge is -2.17. The van der Waals surface area contributed by atoms with E-state index in [1.54, 1.807) is 20.1 Å². The number of ether oxygens (including phenoxy) is 1. The molecule has 20 heavy (non-hydrogen) atoms. The molecule has 0 heterocycles. The minimum absolute atomic E-state index is 0.326. The Balaban J connectivity index is 3.13. The number of sulfonamides is 1. The molecular formula is C14H24N2O3S. The van der Waals surface area contributed by atoms with Crippen LogP contribution in [-0.4, -0.2) is 47.6 Å². The fourth-order valence-electron chi connectivity index (χ4n) is 2.10.